The summed E-state index contributed by atoms with van der Waals surface area (Å²) in [4.78, 5) is 11.8. The Labute approximate surface area is 106 Å². The van der Waals surface area contributed by atoms with Crippen LogP contribution < -0.4 is 11.1 Å². The lowest BCUT2D eigenvalue weighted by Crippen LogP contribution is -2.15. The topological polar surface area (TPSA) is 55.1 Å². The molecule has 0 aliphatic carbocycles. The first-order valence-corrected chi connectivity index (χ1v) is 5.29. The minimum absolute atomic E-state index is 0.00911. The van der Waals surface area contributed by atoms with E-state index in [0.717, 1.165) is 30.3 Å². The lowest BCUT2D eigenvalue weighted by Gasteiger charge is -2.08. The van der Waals surface area contributed by atoms with Crippen molar-refractivity contribution < 1.29 is 18.0 Å². The quantitative estimate of drug-likeness (QED) is 0.821. The average Bonchev–Trinajstić information content (AvgIpc) is 2.35. The Bertz CT molecular complexity index is 644. The van der Waals surface area contributed by atoms with E-state index in [1.807, 2.05) is 0 Å². The molecule has 0 aliphatic heterocycles. The van der Waals surface area contributed by atoms with Gasteiger partial charge in [0.25, 0.3) is 5.91 Å². The largest absolute Gasteiger partial charge is 0.397 e. The molecule has 19 heavy (non-hydrogen) atoms. The molecule has 0 aromatic heterocycles. The van der Waals surface area contributed by atoms with Crippen LogP contribution >= 0.6 is 0 Å². The molecular formula is C13H9F3N2O. The van der Waals surface area contributed by atoms with Crippen LogP contribution in [0.3, 0.4) is 0 Å². The average molecular weight is 266 g/mol. The fourth-order valence-corrected chi connectivity index (χ4v) is 1.51. The fourth-order valence-electron chi connectivity index (χ4n) is 1.51. The molecule has 3 N–H and O–H groups in total. The Morgan fingerprint density at radius 3 is 2.32 bits per heavy atom. The second-order valence-corrected chi connectivity index (χ2v) is 3.81. The standard InChI is InChI=1S/C13H9F3N2O/c14-7-1-3-10(16)9(5-7)13(19)18-12-4-2-8(15)6-11(12)17/h1-6H,17H2,(H,18,19). The summed E-state index contributed by atoms with van der Waals surface area (Å²) in [5.41, 5.74) is 5.15. The lowest BCUT2D eigenvalue weighted by atomic mass is 10.2. The number of anilines is 2. The Morgan fingerprint density at radius 1 is 1.00 bits per heavy atom. The number of hydrogen-bond acceptors (Lipinski definition) is 2. The number of carbonyl (C=O) groups is 1. The van der Waals surface area contributed by atoms with Crippen LogP contribution in [0.5, 0.6) is 0 Å². The molecule has 6 heteroatoms. The SMILES string of the molecule is Nc1cc(F)ccc1NC(=O)c1cc(F)ccc1F. The molecule has 0 bridgehead atoms. The molecule has 1 amide bonds. The van der Waals surface area contributed by atoms with Crippen LogP contribution in [0.2, 0.25) is 0 Å². The van der Waals surface area contributed by atoms with Gasteiger partial charge in [-0.15, -0.1) is 0 Å². The van der Waals surface area contributed by atoms with Crippen molar-refractivity contribution in [1.82, 2.24) is 0 Å². The smallest absolute Gasteiger partial charge is 0.258 e. The number of hydrogen-bond donors (Lipinski definition) is 2. The van der Waals surface area contributed by atoms with Gasteiger partial charge in [-0.2, -0.15) is 0 Å². The van der Waals surface area contributed by atoms with E-state index in [2.05, 4.69) is 5.32 Å². The fraction of sp³-hybridized carbons (Fsp3) is 0. The molecule has 0 spiro atoms. The van der Waals surface area contributed by atoms with Crippen LogP contribution in [-0.2, 0) is 0 Å². The molecule has 2 aromatic rings. The maximum absolute atomic E-state index is 13.4. The van der Waals surface area contributed by atoms with Crippen molar-refractivity contribution in [3.05, 3.63) is 59.4 Å². The van der Waals surface area contributed by atoms with E-state index >= 15 is 0 Å². The molecule has 0 saturated heterocycles. The van der Waals surface area contributed by atoms with Crippen LogP contribution in [0.15, 0.2) is 36.4 Å². The van der Waals surface area contributed by atoms with Gasteiger partial charge in [0.05, 0.1) is 16.9 Å². The molecule has 0 unspecified atom stereocenters. The summed E-state index contributed by atoms with van der Waals surface area (Å²) in [5, 5.41) is 2.28. The molecule has 0 radical (unpaired) electrons. The number of benzene rings is 2. The van der Waals surface area contributed by atoms with Crippen LogP contribution in [0.1, 0.15) is 10.4 Å². The van der Waals surface area contributed by atoms with Crippen molar-refractivity contribution in [2.45, 2.75) is 0 Å². The number of nitrogen functional groups attached to an aromatic ring is 1. The Kier molecular flexibility index (Phi) is 3.41. The van der Waals surface area contributed by atoms with E-state index < -0.39 is 28.9 Å². The first-order chi connectivity index (χ1) is 8.97. The molecule has 0 aliphatic rings. The van der Waals surface area contributed by atoms with E-state index in [-0.39, 0.29) is 11.4 Å². The van der Waals surface area contributed by atoms with Gasteiger partial charge in [0.1, 0.15) is 17.5 Å². The summed E-state index contributed by atoms with van der Waals surface area (Å²) in [6.07, 6.45) is 0. The van der Waals surface area contributed by atoms with Gasteiger partial charge in [0.15, 0.2) is 0 Å². The summed E-state index contributed by atoms with van der Waals surface area (Å²) in [6, 6.07) is 5.85. The first-order valence-electron chi connectivity index (χ1n) is 5.29. The molecule has 0 heterocycles. The highest BCUT2D eigenvalue weighted by molar-refractivity contribution is 6.05. The highest BCUT2D eigenvalue weighted by Gasteiger charge is 2.14. The van der Waals surface area contributed by atoms with E-state index in [4.69, 9.17) is 5.73 Å². The molecule has 0 fully saturated rings. The summed E-state index contributed by atoms with van der Waals surface area (Å²) in [6.45, 7) is 0. The summed E-state index contributed by atoms with van der Waals surface area (Å²) in [5.74, 6) is -3.03. The molecule has 2 aromatic carbocycles. The number of halogens is 3. The van der Waals surface area contributed by atoms with Crippen LogP contribution in [0.25, 0.3) is 0 Å². The monoisotopic (exact) mass is 266 g/mol. The lowest BCUT2D eigenvalue weighted by molar-refractivity contribution is 0.102. The second kappa shape index (κ2) is 5.01. The van der Waals surface area contributed by atoms with Crippen molar-refractivity contribution in [2.24, 2.45) is 0 Å². The number of rotatable bonds is 2. The van der Waals surface area contributed by atoms with Gasteiger partial charge in [-0.05, 0) is 36.4 Å². The first kappa shape index (κ1) is 12.9. The van der Waals surface area contributed by atoms with E-state index in [1.54, 1.807) is 0 Å². The van der Waals surface area contributed by atoms with Gasteiger partial charge in [-0.25, -0.2) is 13.2 Å². The van der Waals surface area contributed by atoms with E-state index in [1.165, 1.54) is 6.07 Å². The van der Waals surface area contributed by atoms with Crippen molar-refractivity contribution in [2.75, 3.05) is 11.1 Å². The zero-order chi connectivity index (χ0) is 14.0. The van der Waals surface area contributed by atoms with Gasteiger partial charge < -0.3 is 11.1 Å². The van der Waals surface area contributed by atoms with Crippen LogP contribution in [0.4, 0.5) is 24.5 Å². The normalized spacial score (nSPS) is 10.3. The Balaban J connectivity index is 2.28. The predicted octanol–water partition coefficient (Wildman–Crippen LogP) is 2.94. The van der Waals surface area contributed by atoms with Gasteiger partial charge in [-0.1, -0.05) is 0 Å². The third kappa shape index (κ3) is 2.85. The van der Waals surface area contributed by atoms with Gasteiger partial charge in [-0.3, -0.25) is 4.79 Å². The van der Waals surface area contributed by atoms with E-state index in [9.17, 15) is 18.0 Å². The van der Waals surface area contributed by atoms with Crippen molar-refractivity contribution in [3.63, 3.8) is 0 Å². The summed E-state index contributed by atoms with van der Waals surface area (Å²) in [7, 11) is 0. The Morgan fingerprint density at radius 2 is 1.63 bits per heavy atom. The maximum atomic E-state index is 13.4. The zero-order valence-electron chi connectivity index (χ0n) is 9.58. The van der Waals surface area contributed by atoms with Gasteiger partial charge >= 0.3 is 0 Å². The molecule has 0 atom stereocenters. The number of nitrogens with one attached hydrogen (secondary N) is 1. The van der Waals surface area contributed by atoms with Gasteiger partial charge in [0, 0.05) is 0 Å². The van der Waals surface area contributed by atoms with Crippen molar-refractivity contribution in [3.8, 4) is 0 Å². The van der Waals surface area contributed by atoms with Crippen LogP contribution in [-0.4, -0.2) is 5.91 Å². The summed E-state index contributed by atoms with van der Waals surface area (Å²) < 4.78 is 39.1. The molecule has 2 rings (SSSR count). The molecule has 98 valence electrons. The minimum atomic E-state index is -0.865. The predicted molar refractivity (Wildman–Crippen MR) is 65.1 cm³/mol. The number of nitrogens with two attached hydrogens (primary N) is 1. The van der Waals surface area contributed by atoms with E-state index in [0.29, 0.717) is 0 Å². The molecular weight excluding hydrogens is 257 g/mol. The van der Waals surface area contributed by atoms with Crippen molar-refractivity contribution in [1.29, 1.82) is 0 Å². The highest BCUT2D eigenvalue weighted by Crippen LogP contribution is 2.20. The maximum Gasteiger partial charge on any atom is 0.258 e. The summed E-state index contributed by atoms with van der Waals surface area (Å²) >= 11 is 0. The number of amides is 1. The zero-order valence-corrected chi connectivity index (χ0v) is 9.58. The molecule has 3 nitrogen and oxygen atoms in total. The highest BCUT2D eigenvalue weighted by atomic mass is 19.1. The van der Waals surface area contributed by atoms with Crippen molar-refractivity contribution >= 4 is 17.3 Å². The molecule has 0 saturated carbocycles. The van der Waals surface area contributed by atoms with Crippen LogP contribution in [0, 0.1) is 17.5 Å². The Hall–Kier alpha value is -2.50. The third-order valence-corrected chi connectivity index (χ3v) is 2.43. The number of carbonyl (C=O) groups excluding carboxylic acids is 1. The second-order valence-electron chi connectivity index (χ2n) is 3.81. The van der Waals surface area contributed by atoms with Gasteiger partial charge in [0.2, 0.25) is 0 Å². The third-order valence-electron chi connectivity index (χ3n) is 2.43. The minimum Gasteiger partial charge on any atom is -0.397 e.